The lowest BCUT2D eigenvalue weighted by molar-refractivity contribution is -0.124. The Balaban J connectivity index is 1.54. The molecule has 3 heterocycles. The molecule has 1 amide bonds. The number of nitrogens with one attached hydrogen (secondary N) is 1. The second kappa shape index (κ2) is 9.37. The minimum atomic E-state index is -3.47. The van der Waals surface area contributed by atoms with Crippen LogP contribution in [0.1, 0.15) is 40.0 Å². The van der Waals surface area contributed by atoms with E-state index in [4.69, 9.17) is 0 Å². The monoisotopic (exact) mass is 473 g/mol. The Morgan fingerprint density at radius 1 is 1.19 bits per heavy atom. The third kappa shape index (κ3) is 4.63. The van der Waals surface area contributed by atoms with Crippen LogP contribution in [0.25, 0.3) is 10.9 Å². The fourth-order valence-corrected chi connectivity index (χ4v) is 7.27. The zero-order chi connectivity index (χ0) is 22.9. The Labute approximate surface area is 194 Å². The number of hydrogen-bond donors (Lipinski definition) is 1. The molecule has 3 aromatic rings. The quantitative estimate of drug-likeness (QED) is 0.519. The predicted octanol–water partition coefficient (Wildman–Crippen LogP) is 5.10. The molecule has 172 valence electrons. The van der Waals surface area contributed by atoms with Crippen molar-refractivity contribution in [2.45, 2.75) is 50.3 Å². The summed E-state index contributed by atoms with van der Waals surface area (Å²) in [5, 5.41) is 2.85. The summed E-state index contributed by atoms with van der Waals surface area (Å²) in [5.74, 6) is 0.386. The first-order valence-corrected chi connectivity index (χ1v) is 13.5. The number of fused-ring (bicyclic) bond motifs is 1. The molecule has 1 atom stereocenters. The predicted molar refractivity (Wildman–Crippen MR) is 131 cm³/mol. The Hall–Kier alpha value is -2.16. The average molecular weight is 474 g/mol. The van der Waals surface area contributed by atoms with Gasteiger partial charge in [0, 0.05) is 47.8 Å². The van der Waals surface area contributed by atoms with Gasteiger partial charge in [-0.1, -0.05) is 19.9 Å². The number of sulfonamides is 1. The van der Waals surface area contributed by atoms with Crippen molar-refractivity contribution in [3.63, 3.8) is 0 Å². The highest BCUT2D eigenvalue weighted by Crippen LogP contribution is 2.31. The van der Waals surface area contributed by atoms with Crippen molar-refractivity contribution in [1.29, 1.82) is 0 Å². The van der Waals surface area contributed by atoms with Gasteiger partial charge in [0.25, 0.3) is 10.0 Å². The number of amides is 1. The number of H-pyrrole nitrogens is 1. The maximum Gasteiger partial charge on any atom is 0.252 e. The van der Waals surface area contributed by atoms with Crippen LogP contribution < -0.4 is 4.90 Å². The number of piperidine rings is 1. The summed E-state index contributed by atoms with van der Waals surface area (Å²) in [6.45, 7) is 7.19. The maximum atomic E-state index is 13.7. The van der Waals surface area contributed by atoms with E-state index in [0.717, 1.165) is 23.0 Å². The molecule has 8 heteroatoms. The number of rotatable bonds is 7. The van der Waals surface area contributed by atoms with Gasteiger partial charge in [-0.15, -0.1) is 11.3 Å². The fraction of sp³-hybridized carbons (Fsp3) is 0.458. The van der Waals surface area contributed by atoms with Gasteiger partial charge in [-0.05, 0) is 67.8 Å². The summed E-state index contributed by atoms with van der Waals surface area (Å²) in [6, 6.07) is 11.6. The van der Waals surface area contributed by atoms with Crippen molar-refractivity contribution in [1.82, 2.24) is 9.29 Å². The molecule has 2 aromatic heterocycles. The fourth-order valence-electron chi connectivity index (χ4n) is 4.65. The number of hydrogen-bond acceptors (Lipinski definition) is 4. The van der Waals surface area contributed by atoms with Gasteiger partial charge in [-0.2, -0.15) is 4.31 Å². The number of benzene rings is 1. The highest BCUT2D eigenvalue weighted by molar-refractivity contribution is 7.91. The molecule has 1 saturated heterocycles. The third-order valence-electron chi connectivity index (χ3n) is 6.20. The molecule has 0 radical (unpaired) electrons. The van der Waals surface area contributed by atoms with Crippen molar-refractivity contribution in [3.05, 3.63) is 48.0 Å². The molecular formula is C24H31N3O3S2. The summed E-state index contributed by atoms with van der Waals surface area (Å²) in [6.07, 6.45) is 3.89. The van der Waals surface area contributed by atoms with Gasteiger partial charge in [0.2, 0.25) is 5.91 Å². The highest BCUT2D eigenvalue weighted by atomic mass is 32.2. The van der Waals surface area contributed by atoms with Crippen molar-refractivity contribution >= 4 is 43.9 Å². The molecule has 6 nitrogen and oxygen atoms in total. The van der Waals surface area contributed by atoms with Gasteiger partial charge in [-0.25, -0.2) is 8.42 Å². The van der Waals surface area contributed by atoms with E-state index in [-0.39, 0.29) is 17.9 Å². The number of anilines is 1. The van der Waals surface area contributed by atoms with E-state index < -0.39 is 10.0 Å². The average Bonchev–Trinajstić information content (AvgIpc) is 3.45. The van der Waals surface area contributed by atoms with E-state index in [9.17, 15) is 13.2 Å². The summed E-state index contributed by atoms with van der Waals surface area (Å²) in [4.78, 5) is 18.9. The van der Waals surface area contributed by atoms with Gasteiger partial charge >= 0.3 is 0 Å². The van der Waals surface area contributed by atoms with Crippen molar-refractivity contribution in [3.8, 4) is 0 Å². The first kappa shape index (κ1) is 23.0. The van der Waals surface area contributed by atoms with Crippen LogP contribution in [-0.2, 0) is 14.8 Å². The molecule has 1 unspecified atom stereocenters. The third-order valence-corrected chi connectivity index (χ3v) is 9.47. The lowest BCUT2D eigenvalue weighted by atomic mass is 9.94. The van der Waals surface area contributed by atoms with Crippen LogP contribution in [0.5, 0.6) is 0 Å². The zero-order valence-corrected chi connectivity index (χ0v) is 20.5. The van der Waals surface area contributed by atoms with Crippen LogP contribution in [0.3, 0.4) is 0 Å². The highest BCUT2D eigenvalue weighted by Gasteiger charge is 2.36. The normalized spacial score (nSPS) is 17.1. The minimum Gasteiger partial charge on any atom is -0.361 e. The zero-order valence-electron chi connectivity index (χ0n) is 18.8. The van der Waals surface area contributed by atoms with Crippen molar-refractivity contribution in [2.75, 3.05) is 18.0 Å². The van der Waals surface area contributed by atoms with E-state index in [1.165, 1.54) is 15.6 Å². The number of aromatic amines is 1. The molecule has 0 saturated carbocycles. The van der Waals surface area contributed by atoms with Gasteiger partial charge in [0.1, 0.15) is 4.21 Å². The topological polar surface area (TPSA) is 73.5 Å². The van der Waals surface area contributed by atoms with Gasteiger partial charge in [-0.3, -0.25) is 4.79 Å². The first-order chi connectivity index (χ1) is 15.3. The lowest BCUT2D eigenvalue weighted by Gasteiger charge is -2.36. The SMILES string of the molecule is CC(C)CC(C)N(C(=O)C1CCN(S(=O)(=O)c2cccs2)CC1)c1ccc2[nH]ccc2c1. The molecule has 1 fully saturated rings. The number of aromatic nitrogens is 1. The number of carbonyl (C=O) groups excluding carboxylic acids is 1. The van der Waals surface area contributed by atoms with Crippen LogP contribution in [0.2, 0.25) is 0 Å². The maximum absolute atomic E-state index is 13.7. The number of carbonyl (C=O) groups is 1. The van der Waals surface area contributed by atoms with Crippen LogP contribution in [0, 0.1) is 11.8 Å². The second-order valence-electron chi connectivity index (χ2n) is 9.05. The molecule has 32 heavy (non-hydrogen) atoms. The van der Waals surface area contributed by atoms with E-state index in [2.05, 4.69) is 31.8 Å². The van der Waals surface area contributed by atoms with Crippen LogP contribution in [0.4, 0.5) is 5.69 Å². The van der Waals surface area contributed by atoms with Gasteiger partial charge in [0.05, 0.1) is 0 Å². The molecule has 0 aliphatic carbocycles. The second-order valence-corrected chi connectivity index (χ2v) is 12.2. The standard InChI is InChI=1S/C24H31N3O3S2/c1-17(2)15-18(3)27(21-6-7-22-20(16-21)8-11-25-22)24(28)19-9-12-26(13-10-19)32(29,30)23-5-4-14-31-23/h4-8,11,14,16-19,25H,9-10,12-13,15H2,1-3H3. The Morgan fingerprint density at radius 2 is 1.94 bits per heavy atom. The van der Waals surface area contributed by atoms with E-state index in [1.54, 1.807) is 17.5 Å². The van der Waals surface area contributed by atoms with Crippen molar-refractivity contribution in [2.24, 2.45) is 11.8 Å². The molecule has 4 rings (SSSR count). The minimum absolute atomic E-state index is 0.0618. The smallest absolute Gasteiger partial charge is 0.252 e. The molecule has 1 N–H and O–H groups in total. The Kier molecular flexibility index (Phi) is 6.74. The van der Waals surface area contributed by atoms with Crippen LogP contribution >= 0.6 is 11.3 Å². The molecular weight excluding hydrogens is 442 g/mol. The summed E-state index contributed by atoms with van der Waals surface area (Å²) in [7, 11) is -3.47. The van der Waals surface area contributed by atoms with Crippen molar-refractivity contribution < 1.29 is 13.2 Å². The van der Waals surface area contributed by atoms with Gasteiger partial charge in [0.15, 0.2) is 0 Å². The summed E-state index contributed by atoms with van der Waals surface area (Å²) >= 11 is 1.24. The van der Waals surface area contributed by atoms with Crippen LogP contribution in [-0.4, -0.2) is 42.7 Å². The van der Waals surface area contributed by atoms with E-state index in [0.29, 0.717) is 36.1 Å². The van der Waals surface area contributed by atoms with E-state index in [1.807, 2.05) is 29.3 Å². The molecule has 1 aliphatic heterocycles. The van der Waals surface area contributed by atoms with Gasteiger partial charge < -0.3 is 9.88 Å². The molecule has 1 aromatic carbocycles. The molecule has 1 aliphatic rings. The largest absolute Gasteiger partial charge is 0.361 e. The van der Waals surface area contributed by atoms with E-state index >= 15 is 0 Å². The van der Waals surface area contributed by atoms with Crippen LogP contribution in [0.15, 0.2) is 52.2 Å². The number of nitrogens with zero attached hydrogens (tertiary/aromatic N) is 2. The number of thiophene rings is 1. The Morgan fingerprint density at radius 3 is 2.59 bits per heavy atom. The lowest BCUT2D eigenvalue weighted by Crippen LogP contribution is -2.47. The summed E-state index contributed by atoms with van der Waals surface area (Å²) < 4.78 is 27.6. The first-order valence-electron chi connectivity index (χ1n) is 11.2. The Bertz CT molecular complexity index is 1160. The molecule has 0 spiro atoms. The molecule has 0 bridgehead atoms. The summed E-state index contributed by atoms with van der Waals surface area (Å²) in [5.41, 5.74) is 1.95.